The molecular weight excluding hydrogens is 472 g/mol. The molecule has 0 saturated carbocycles. The van der Waals surface area contributed by atoms with Crippen molar-refractivity contribution in [2.45, 2.75) is 0 Å². The summed E-state index contributed by atoms with van der Waals surface area (Å²) in [7, 11) is 2.66. The van der Waals surface area contributed by atoms with Crippen molar-refractivity contribution in [1.82, 2.24) is 4.90 Å². The van der Waals surface area contributed by atoms with Gasteiger partial charge in [0, 0.05) is 16.3 Å². The van der Waals surface area contributed by atoms with E-state index in [2.05, 4.69) is 10.1 Å². The molecule has 172 valence electrons. The normalized spacial score (nSPS) is 14.4. The predicted octanol–water partition coefficient (Wildman–Crippen LogP) is 3.58. The van der Waals surface area contributed by atoms with Gasteiger partial charge in [-0.25, -0.2) is 4.79 Å². The van der Waals surface area contributed by atoms with Crippen LogP contribution in [0, 0.1) is 0 Å². The first-order valence-corrected chi connectivity index (χ1v) is 10.7. The van der Waals surface area contributed by atoms with Crippen molar-refractivity contribution in [3.63, 3.8) is 0 Å². The Morgan fingerprint density at radius 3 is 2.61 bits per heavy atom. The molecule has 0 bridgehead atoms. The highest BCUT2D eigenvalue weighted by Crippen LogP contribution is 2.37. The first-order chi connectivity index (χ1) is 15.8. The van der Waals surface area contributed by atoms with E-state index in [-0.39, 0.29) is 17.3 Å². The Morgan fingerprint density at radius 1 is 1.15 bits per heavy atom. The number of rotatable bonds is 8. The second-order valence-corrected chi connectivity index (χ2v) is 8.00. The predicted molar refractivity (Wildman–Crippen MR) is 123 cm³/mol. The molecule has 3 amide bonds. The van der Waals surface area contributed by atoms with Gasteiger partial charge in [0.25, 0.3) is 11.1 Å². The summed E-state index contributed by atoms with van der Waals surface area (Å²) in [6.45, 7) is -0.832. The Hall–Kier alpha value is -3.50. The van der Waals surface area contributed by atoms with Gasteiger partial charge in [-0.1, -0.05) is 29.8 Å². The highest BCUT2D eigenvalue weighted by molar-refractivity contribution is 8.18. The lowest BCUT2D eigenvalue weighted by Gasteiger charge is -2.13. The summed E-state index contributed by atoms with van der Waals surface area (Å²) >= 11 is 6.59. The third-order valence-corrected chi connectivity index (χ3v) is 5.50. The lowest BCUT2D eigenvalue weighted by molar-refractivity contribution is -0.143. The molecule has 0 aliphatic carbocycles. The zero-order chi connectivity index (χ0) is 24.0. The summed E-state index contributed by atoms with van der Waals surface area (Å²) in [5, 5.41) is 2.44. The Kier molecular flexibility index (Phi) is 7.96. The number of anilines is 1. The number of imide groups is 1. The lowest BCUT2D eigenvalue weighted by atomic mass is 10.1. The van der Waals surface area contributed by atoms with E-state index < -0.39 is 29.6 Å². The number of para-hydroxylation sites is 1. The minimum atomic E-state index is -0.631. The van der Waals surface area contributed by atoms with Crippen molar-refractivity contribution >= 4 is 58.1 Å². The minimum Gasteiger partial charge on any atom is -0.493 e. The smallest absolute Gasteiger partial charge is 0.343 e. The molecule has 1 N–H and O–H groups in total. The van der Waals surface area contributed by atoms with Gasteiger partial charge in [-0.15, -0.1) is 0 Å². The molecule has 0 atom stereocenters. The molecule has 1 saturated heterocycles. The number of halogens is 1. The topological polar surface area (TPSA) is 111 Å². The summed E-state index contributed by atoms with van der Waals surface area (Å²) < 4.78 is 15.4. The van der Waals surface area contributed by atoms with Crippen LogP contribution < -0.4 is 14.8 Å². The number of methoxy groups -OCH3 is 2. The fraction of sp³-hybridized carbons (Fsp3) is 0.182. The van der Waals surface area contributed by atoms with Crippen LogP contribution >= 0.6 is 23.4 Å². The van der Waals surface area contributed by atoms with Crippen molar-refractivity contribution in [2.24, 2.45) is 0 Å². The third kappa shape index (κ3) is 6.05. The molecule has 11 heteroatoms. The quantitative estimate of drug-likeness (QED) is 0.441. The molecule has 1 fully saturated rings. The Bertz CT molecular complexity index is 1140. The van der Waals surface area contributed by atoms with E-state index in [1.54, 1.807) is 42.5 Å². The fourth-order valence-electron chi connectivity index (χ4n) is 2.84. The molecule has 0 spiro atoms. The number of ether oxygens (including phenoxy) is 3. The maximum Gasteiger partial charge on any atom is 0.343 e. The van der Waals surface area contributed by atoms with Gasteiger partial charge in [0.1, 0.15) is 6.54 Å². The van der Waals surface area contributed by atoms with E-state index in [1.807, 2.05) is 0 Å². The third-order valence-electron chi connectivity index (χ3n) is 4.36. The number of thioether (sulfide) groups is 1. The maximum atomic E-state index is 12.8. The molecule has 0 radical (unpaired) electrons. The number of nitrogens with one attached hydrogen (secondary N) is 1. The van der Waals surface area contributed by atoms with Gasteiger partial charge < -0.3 is 19.5 Å². The number of nitrogens with zero attached hydrogens (tertiary/aromatic N) is 1. The zero-order valence-corrected chi connectivity index (χ0v) is 19.2. The standard InChI is InChI=1S/C22H19ClN2O7S/c1-30-16-8-3-5-13(20(16)32-12-19(27)31-2)9-17-21(28)25(22(29)33-17)11-18(26)24-15-7-4-6-14(23)10-15/h3-10H,11-12H2,1-2H3,(H,24,26)/b17-9+. The average molecular weight is 491 g/mol. The van der Waals surface area contributed by atoms with Crippen molar-refractivity contribution in [3.8, 4) is 11.5 Å². The summed E-state index contributed by atoms with van der Waals surface area (Å²) in [5.41, 5.74) is 0.853. The van der Waals surface area contributed by atoms with E-state index in [0.717, 1.165) is 4.90 Å². The molecule has 1 aliphatic rings. The van der Waals surface area contributed by atoms with Gasteiger partial charge in [0.2, 0.25) is 5.91 Å². The number of hydrogen-bond acceptors (Lipinski definition) is 8. The van der Waals surface area contributed by atoms with Crippen LogP contribution in [0.3, 0.4) is 0 Å². The molecule has 2 aromatic rings. The number of hydrogen-bond donors (Lipinski definition) is 1. The van der Waals surface area contributed by atoms with Crippen LogP contribution in [0.25, 0.3) is 6.08 Å². The van der Waals surface area contributed by atoms with Crippen LogP contribution in [-0.2, 0) is 19.1 Å². The van der Waals surface area contributed by atoms with Crippen LogP contribution in [-0.4, -0.2) is 55.3 Å². The van der Waals surface area contributed by atoms with Gasteiger partial charge in [0.15, 0.2) is 18.1 Å². The van der Waals surface area contributed by atoms with Gasteiger partial charge in [0.05, 0.1) is 19.1 Å². The molecule has 0 unspecified atom stereocenters. The molecular formula is C22H19ClN2O7S. The van der Waals surface area contributed by atoms with Crippen LogP contribution in [0.2, 0.25) is 5.02 Å². The van der Waals surface area contributed by atoms with Crippen molar-refractivity contribution in [2.75, 3.05) is 32.7 Å². The Labute approximate surface area is 198 Å². The van der Waals surface area contributed by atoms with Crippen molar-refractivity contribution < 1.29 is 33.4 Å². The number of esters is 1. The molecule has 9 nitrogen and oxygen atoms in total. The first-order valence-electron chi connectivity index (χ1n) is 9.49. The molecule has 33 heavy (non-hydrogen) atoms. The minimum absolute atomic E-state index is 0.0896. The van der Waals surface area contributed by atoms with Gasteiger partial charge in [-0.05, 0) is 42.1 Å². The largest absolute Gasteiger partial charge is 0.493 e. The van der Waals surface area contributed by atoms with E-state index >= 15 is 0 Å². The van der Waals surface area contributed by atoms with E-state index in [9.17, 15) is 19.2 Å². The maximum absolute atomic E-state index is 12.8. The highest BCUT2D eigenvalue weighted by atomic mass is 35.5. The molecule has 1 heterocycles. The average Bonchev–Trinajstić information content (AvgIpc) is 3.05. The summed E-state index contributed by atoms with van der Waals surface area (Å²) in [6, 6.07) is 11.4. The summed E-state index contributed by atoms with van der Waals surface area (Å²) in [6.07, 6.45) is 1.44. The molecule has 2 aromatic carbocycles. The van der Waals surface area contributed by atoms with Gasteiger partial charge in [-0.3, -0.25) is 19.3 Å². The SMILES string of the molecule is COC(=O)COc1c(/C=C2/SC(=O)N(CC(=O)Nc3cccc(Cl)c3)C2=O)cccc1OC. The van der Waals surface area contributed by atoms with Crippen molar-refractivity contribution in [3.05, 3.63) is 58.0 Å². The number of carbonyl (C=O) groups excluding carboxylic acids is 4. The number of benzene rings is 2. The Balaban J connectivity index is 1.77. The lowest BCUT2D eigenvalue weighted by Crippen LogP contribution is -2.36. The fourth-order valence-corrected chi connectivity index (χ4v) is 3.86. The van der Waals surface area contributed by atoms with E-state index in [4.69, 9.17) is 21.1 Å². The van der Waals surface area contributed by atoms with E-state index in [1.165, 1.54) is 20.3 Å². The monoisotopic (exact) mass is 490 g/mol. The number of carbonyl (C=O) groups is 4. The molecule has 0 aromatic heterocycles. The first kappa shape index (κ1) is 24.1. The van der Waals surface area contributed by atoms with Crippen LogP contribution in [0.15, 0.2) is 47.4 Å². The highest BCUT2D eigenvalue weighted by Gasteiger charge is 2.36. The van der Waals surface area contributed by atoms with Crippen LogP contribution in [0.5, 0.6) is 11.5 Å². The summed E-state index contributed by atoms with van der Waals surface area (Å²) in [5.74, 6) is -1.25. The molecule has 1 aliphatic heterocycles. The second-order valence-electron chi connectivity index (χ2n) is 6.57. The second kappa shape index (κ2) is 10.9. The van der Waals surface area contributed by atoms with Gasteiger partial charge in [-0.2, -0.15) is 0 Å². The van der Waals surface area contributed by atoms with Crippen LogP contribution in [0.4, 0.5) is 10.5 Å². The van der Waals surface area contributed by atoms with Crippen molar-refractivity contribution in [1.29, 1.82) is 0 Å². The Morgan fingerprint density at radius 2 is 1.91 bits per heavy atom. The molecule has 3 rings (SSSR count). The van der Waals surface area contributed by atoms with E-state index in [0.29, 0.717) is 33.8 Å². The van der Waals surface area contributed by atoms with Gasteiger partial charge >= 0.3 is 5.97 Å². The summed E-state index contributed by atoms with van der Waals surface area (Å²) in [4.78, 5) is 50.0. The van der Waals surface area contributed by atoms with Crippen LogP contribution in [0.1, 0.15) is 5.56 Å². The zero-order valence-electron chi connectivity index (χ0n) is 17.6. The number of amides is 3.